The highest BCUT2D eigenvalue weighted by molar-refractivity contribution is 8.00. The first-order chi connectivity index (χ1) is 8.63. The highest BCUT2D eigenvalue weighted by Crippen LogP contribution is 2.35. The summed E-state index contributed by atoms with van der Waals surface area (Å²) < 4.78 is 0. The topological polar surface area (TPSA) is 41.9 Å². The summed E-state index contributed by atoms with van der Waals surface area (Å²) in [5.74, 6) is 0.638. The number of rotatable bonds is 3. The van der Waals surface area contributed by atoms with Gasteiger partial charge >= 0.3 is 0 Å². The second-order valence-electron chi connectivity index (χ2n) is 4.02. The molecule has 4 nitrogen and oxygen atoms in total. The Morgan fingerprint density at radius 2 is 2.33 bits per heavy atom. The molecule has 5 heteroatoms. The van der Waals surface area contributed by atoms with Crippen LogP contribution in [0.25, 0.3) is 0 Å². The SMILES string of the molecule is CCO/N=C(/C)c1ccc2c(c1)N(C)C(=O)CS2. The number of hydrogen-bond donors (Lipinski definition) is 0. The lowest BCUT2D eigenvalue weighted by Gasteiger charge is -2.25. The van der Waals surface area contributed by atoms with Crippen molar-refractivity contribution < 1.29 is 9.63 Å². The van der Waals surface area contributed by atoms with E-state index in [1.807, 2.05) is 32.0 Å². The third-order valence-corrected chi connectivity index (χ3v) is 3.84. The maximum Gasteiger partial charge on any atom is 0.237 e. The molecule has 0 N–H and O–H groups in total. The Morgan fingerprint density at radius 1 is 1.56 bits per heavy atom. The molecule has 18 heavy (non-hydrogen) atoms. The fraction of sp³-hybridized carbons (Fsp3) is 0.385. The van der Waals surface area contributed by atoms with Crippen LogP contribution in [0.15, 0.2) is 28.3 Å². The number of oxime groups is 1. The molecule has 0 aromatic heterocycles. The highest BCUT2D eigenvalue weighted by Gasteiger charge is 2.21. The standard InChI is InChI=1S/C13H16N2O2S/c1-4-17-14-9(2)10-5-6-12-11(7-10)15(3)13(16)8-18-12/h5-7H,4,8H2,1-3H3/b14-9-. The Kier molecular flexibility index (Phi) is 3.91. The van der Waals surface area contributed by atoms with Gasteiger partial charge in [-0.15, -0.1) is 11.8 Å². The van der Waals surface area contributed by atoms with Gasteiger partial charge in [0, 0.05) is 17.5 Å². The first-order valence-electron chi connectivity index (χ1n) is 5.83. The van der Waals surface area contributed by atoms with Crippen LogP contribution in [-0.2, 0) is 9.63 Å². The summed E-state index contributed by atoms with van der Waals surface area (Å²) in [6, 6.07) is 6.02. The quantitative estimate of drug-likeness (QED) is 0.622. The Bertz CT molecular complexity index is 500. The van der Waals surface area contributed by atoms with Crippen LogP contribution in [0.2, 0.25) is 0 Å². The van der Waals surface area contributed by atoms with Crippen LogP contribution in [0.1, 0.15) is 19.4 Å². The van der Waals surface area contributed by atoms with E-state index in [2.05, 4.69) is 5.16 Å². The molecule has 0 radical (unpaired) electrons. The van der Waals surface area contributed by atoms with Crippen molar-refractivity contribution >= 4 is 29.1 Å². The normalized spacial score (nSPS) is 15.6. The van der Waals surface area contributed by atoms with Gasteiger partial charge in [-0.05, 0) is 26.0 Å². The van der Waals surface area contributed by atoms with E-state index in [9.17, 15) is 4.79 Å². The maximum atomic E-state index is 11.7. The lowest BCUT2D eigenvalue weighted by atomic mass is 10.1. The van der Waals surface area contributed by atoms with E-state index in [1.54, 1.807) is 23.7 Å². The summed E-state index contributed by atoms with van der Waals surface area (Å²) in [6.45, 7) is 4.35. The van der Waals surface area contributed by atoms with Crippen LogP contribution in [0.4, 0.5) is 5.69 Å². The summed E-state index contributed by atoms with van der Waals surface area (Å²) in [7, 11) is 1.81. The Morgan fingerprint density at radius 3 is 3.06 bits per heavy atom. The van der Waals surface area contributed by atoms with E-state index in [0.717, 1.165) is 21.9 Å². The summed E-state index contributed by atoms with van der Waals surface area (Å²) in [6.07, 6.45) is 0. The van der Waals surface area contributed by atoms with Crippen molar-refractivity contribution in [3.05, 3.63) is 23.8 Å². The molecule has 0 atom stereocenters. The van der Waals surface area contributed by atoms with Gasteiger partial charge in [-0.2, -0.15) is 0 Å². The number of anilines is 1. The molecular formula is C13H16N2O2S. The number of amides is 1. The predicted molar refractivity (Wildman–Crippen MR) is 74.4 cm³/mol. The minimum Gasteiger partial charge on any atom is -0.396 e. The molecule has 1 amide bonds. The van der Waals surface area contributed by atoms with Gasteiger partial charge in [0.1, 0.15) is 6.61 Å². The number of fused-ring (bicyclic) bond motifs is 1. The van der Waals surface area contributed by atoms with Crippen molar-refractivity contribution in [3.63, 3.8) is 0 Å². The number of benzene rings is 1. The maximum absolute atomic E-state index is 11.7. The zero-order valence-corrected chi connectivity index (χ0v) is 11.6. The fourth-order valence-electron chi connectivity index (χ4n) is 1.71. The number of thioether (sulfide) groups is 1. The van der Waals surface area contributed by atoms with E-state index < -0.39 is 0 Å². The minimum absolute atomic E-state index is 0.129. The van der Waals surface area contributed by atoms with E-state index >= 15 is 0 Å². The molecule has 0 saturated heterocycles. The molecule has 1 aromatic carbocycles. The van der Waals surface area contributed by atoms with E-state index in [1.165, 1.54) is 0 Å². The average Bonchev–Trinajstić information content (AvgIpc) is 2.40. The molecule has 0 bridgehead atoms. The van der Waals surface area contributed by atoms with Crippen molar-refractivity contribution in [2.75, 3.05) is 24.3 Å². The van der Waals surface area contributed by atoms with Crippen LogP contribution in [0, 0.1) is 0 Å². The molecule has 0 fully saturated rings. The van der Waals surface area contributed by atoms with E-state index in [4.69, 9.17) is 4.84 Å². The van der Waals surface area contributed by atoms with Gasteiger partial charge in [0.2, 0.25) is 5.91 Å². The third kappa shape index (κ3) is 2.51. The molecule has 0 saturated carbocycles. The van der Waals surface area contributed by atoms with Gasteiger partial charge in [-0.25, -0.2) is 0 Å². The molecule has 0 unspecified atom stereocenters. The number of carbonyl (C=O) groups excluding carboxylic acids is 1. The van der Waals surface area contributed by atoms with Gasteiger partial charge in [-0.1, -0.05) is 11.2 Å². The molecule has 1 aliphatic rings. The predicted octanol–water partition coefficient (Wildman–Crippen LogP) is 2.52. The van der Waals surface area contributed by atoms with Crippen molar-refractivity contribution in [1.29, 1.82) is 0 Å². The average molecular weight is 264 g/mol. The van der Waals surface area contributed by atoms with Crippen molar-refractivity contribution in [3.8, 4) is 0 Å². The number of nitrogens with zero attached hydrogens (tertiary/aromatic N) is 2. The molecular weight excluding hydrogens is 248 g/mol. The molecule has 96 valence electrons. The first-order valence-corrected chi connectivity index (χ1v) is 6.82. The second kappa shape index (κ2) is 5.44. The first kappa shape index (κ1) is 13.0. The minimum atomic E-state index is 0.129. The number of carbonyl (C=O) groups is 1. The molecule has 0 aliphatic carbocycles. The highest BCUT2D eigenvalue weighted by atomic mass is 32.2. The molecule has 1 aliphatic heterocycles. The van der Waals surface area contributed by atoms with Crippen LogP contribution >= 0.6 is 11.8 Å². The summed E-state index contributed by atoms with van der Waals surface area (Å²) in [5, 5.41) is 4.01. The van der Waals surface area contributed by atoms with Gasteiger partial charge < -0.3 is 9.74 Å². The van der Waals surface area contributed by atoms with Crippen molar-refractivity contribution in [2.24, 2.45) is 5.16 Å². The van der Waals surface area contributed by atoms with Crippen LogP contribution < -0.4 is 4.90 Å². The fourth-order valence-corrected chi connectivity index (χ4v) is 2.69. The Balaban J connectivity index is 2.34. The van der Waals surface area contributed by atoms with Crippen LogP contribution in [-0.4, -0.2) is 31.0 Å². The lowest BCUT2D eigenvalue weighted by Crippen LogP contribution is -2.31. The van der Waals surface area contributed by atoms with Gasteiger partial charge in [0.15, 0.2) is 0 Å². The van der Waals surface area contributed by atoms with E-state index in [-0.39, 0.29) is 5.91 Å². The van der Waals surface area contributed by atoms with Gasteiger partial charge in [0.25, 0.3) is 0 Å². The lowest BCUT2D eigenvalue weighted by molar-refractivity contribution is -0.116. The summed E-state index contributed by atoms with van der Waals surface area (Å²) >= 11 is 1.58. The van der Waals surface area contributed by atoms with Crippen LogP contribution in [0.3, 0.4) is 0 Å². The smallest absolute Gasteiger partial charge is 0.237 e. The Hall–Kier alpha value is -1.49. The zero-order chi connectivity index (χ0) is 13.1. The van der Waals surface area contributed by atoms with Crippen molar-refractivity contribution in [2.45, 2.75) is 18.7 Å². The summed E-state index contributed by atoms with van der Waals surface area (Å²) in [4.78, 5) is 19.5. The number of hydrogen-bond acceptors (Lipinski definition) is 4. The zero-order valence-electron chi connectivity index (χ0n) is 10.8. The largest absolute Gasteiger partial charge is 0.396 e. The monoisotopic (exact) mass is 264 g/mol. The van der Waals surface area contributed by atoms with Gasteiger partial charge in [-0.3, -0.25) is 4.79 Å². The molecule has 1 heterocycles. The molecule has 0 spiro atoms. The van der Waals surface area contributed by atoms with Crippen molar-refractivity contribution in [1.82, 2.24) is 0 Å². The van der Waals surface area contributed by atoms with E-state index in [0.29, 0.717) is 12.4 Å². The molecule has 1 aromatic rings. The molecule has 2 rings (SSSR count). The van der Waals surface area contributed by atoms with Crippen LogP contribution in [0.5, 0.6) is 0 Å². The third-order valence-electron chi connectivity index (χ3n) is 2.79. The summed E-state index contributed by atoms with van der Waals surface area (Å²) in [5.41, 5.74) is 2.74. The van der Waals surface area contributed by atoms with Gasteiger partial charge in [0.05, 0.1) is 17.2 Å². The second-order valence-corrected chi connectivity index (χ2v) is 5.04. The Labute approximate surface area is 111 Å².